The summed E-state index contributed by atoms with van der Waals surface area (Å²) in [5.74, 6) is 3.49. The zero-order chi connectivity index (χ0) is 30.1. The van der Waals surface area contributed by atoms with Crippen molar-refractivity contribution in [2.75, 3.05) is 71.3 Å². The number of methoxy groups -OCH3 is 4. The molecule has 228 valence electrons. The Bertz CT molecular complexity index is 1240. The Labute approximate surface area is 258 Å². The van der Waals surface area contributed by atoms with E-state index < -0.39 is 0 Å². The Morgan fingerprint density at radius 2 is 1.26 bits per heavy atom. The second-order valence-electron chi connectivity index (χ2n) is 10.1. The van der Waals surface area contributed by atoms with E-state index in [1.165, 1.54) is 0 Å². The molecule has 1 aliphatic rings. The highest BCUT2D eigenvalue weighted by Gasteiger charge is 2.34. The van der Waals surface area contributed by atoms with Crippen molar-refractivity contribution in [3.63, 3.8) is 0 Å². The van der Waals surface area contributed by atoms with Gasteiger partial charge in [-0.25, -0.2) is 4.39 Å². The second kappa shape index (κ2) is 15.5. The average molecular weight is 621 g/mol. The standard InChI is InChI=1S/C32H40Cl2FN3O4/c1-39-26-9-6-23(30(19-26)41-3)21-37-14-5-15-38(22-24-7-10-27(40-2)20-31(24)42-4)32(37)28-11-8-25(18-29(28)35)36(16-12-33)17-13-34/h6-11,18-20,32H,5,12-17,21-22H2,1-4H3. The summed E-state index contributed by atoms with van der Waals surface area (Å²) in [6.45, 7) is 3.90. The van der Waals surface area contributed by atoms with E-state index in [0.717, 1.165) is 59.3 Å². The van der Waals surface area contributed by atoms with Gasteiger partial charge in [-0.3, -0.25) is 9.80 Å². The van der Waals surface area contributed by atoms with Gasteiger partial charge in [0.1, 0.15) is 28.8 Å². The monoisotopic (exact) mass is 619 g/mol. The maximum atomic E-state index is 16.2. The summed E-state index contributed by atoms with van der Waals surface area (Å²) in [7, 11) is 6.57. The second-order valence-corrected chi connectivity index (χ2v) is 10.9. The molecule has 0 spiro atoms. The van der Waals surface area contributed by atoms with E-state index in [2.05, 4.69) is 9.80 Å². The molecule has 0 amide bonds. The van der Waals surface area contributed by atoms with Gasteiger partial charge in [-0.1, -0.05) is 18.2 Å². The molecule has 3 aromatic rings. The molecule has 0 radical (unpaired) electrons. The highest BCUT2D eigenvalue weighted by Crippen LogP contribution is 2.38. The molecule has 1 heterocycles. The Morgan fingerprint density at radius 1 is 0.738 bits per heavy atom. The molecule has 0 bridgehead atoms. The first-order valence-corrected chi connectivity index (χ1v) is 15.1. The SMILES string of the molecule is COc1ccc(CN2CCCN(Cc3ccc(OC)cc3OC)C2c2ccc(N(CCCl)CCCl)cc2F)c(OC)c1. The first kappa shape index (κ1) is 32.0. The van der Waals surface area contributed by atoms with Gasteiger partial charge < -0.3 is 23.8 Å². The van der Waals surface area contributed by atoms with Crippen LogP contribution in [-0.4, -0.2) is 76.2 Å². The smallest absolute Gasteiger partial charge is 0.131 e. The molecule has 1 aliphatic heterocycles. The lowest BCUT2D eigenvalue weighted by atomic mass is 10.0. The molecule has 0 N–H and O–H groups in total. The number of hydrogen-bond donors (Lipinski definition) is 0. The number of benzene rings is 3. The van der Waals surface area contributed by atoms with Crippen LogP contribution in [0.3, 0.4) is 0 Å². The maximum Gasteiger partial charge on any atom is 0.131 e. The van der Waals surface area contributed by atoms with Crippen LogP contribution < -0.4 is 23.8 Å². The van der Waals surface area contributed by atoms with Gasteiger partial charge in [0.05, 0.1) is 34.6 Å². The van der Waals surface area contributed by atoms with Crippen molar-refractivity contribution in [1.29, 1.82) is 0 Å². The topological polar surface area (TPSA) is 46.6 Å². The Hall–Kier alpha value is -2.91. The van der Waals surface area contributed by atoms with Crippen molar-refractivity contribution in [3.05, 3.63) is 77.1 Å². The van der Waals surface area contributed by atoms with Crippen molar-refractivity contribution in [2.24, 2.45) is 0 Å². The van der Waals surface area contributed by atoms with Crippen LogP contribution in [-0.2, 0) is 13.1 Å². The van der Waals surface area contributed by atoms with Crippen molar-refractivity contribution >= 4 is 28.9 Å². The van der Waals surface area contributed by atoms with Gasteiger partial charge in [0.25, 0.3) is 0 Å². The molecule has 10 heteroatoms. The Kier molecular flexibility index (Phi) is 11.8. The third-order valence-corrected chi connectivity index (χ3v) is 7.99. The van der Waals surface area contributed by atoms with E-state index in [-0.39, 0.29) is 12.0 Å². The summed E-state index contributed by atoms with van der Waals surface area (Å²) in [6.07, 6.45) is 0.590. The van der Waals surface area contributed by atoms with Crippen molar-refractivity contribution in [1.82, 2.24) is 9.80 Å². The largest absolute Gasteiger partial charge is 0.497 e. The van der Waals surface area contributed by atoms with Gasteiger partial charge >= 0.3 is 0 Å². The maximum absolute atomic E-state index is 16.2. The highest BCUT2D eigenvalue weighted by molar-refractivity contribution is 6.18. The zero-order valence-electron chi connectivity index (χ0n) is 24.7. The molecule has 1 saturated heterocycles. The average Bonchev–Trinajstić information content (AvgIpc) is 3.01. The summed E-state index contributed by atoms with van der Waals surface area (Å²) in [6, 6.07) is 17.1. The molecule has 1 fully saturated rings. The molecular formula is C32H40Cl2FN3O4. The molecule has 0 atom stereocenters. The normalized spacial score (nSPS) is 14.5. The zero-order valence-corrected chi connectivity index (χ0v) is 26.3. The van der Waals surface area contributed by atoms with Gasteiger partial charge in [-0.15, -0.1) is 23.2 Å². The van der Waals surface area contributed by atoms with Crippen molar-refractivity contribution in [2.45, 2.75) is 25.7 Å². The fourth-order valence-corrected chi connectivity index (χ4v) is 5.98. The predicted molar refractivity (Wildman–Crippen MR) is 167 cm³/mol. The summed E-state index contributed by atoms with van der Waals surface area (Å²) < 4.78 is 38.4. The first-order valence-electron chi connectivity index (χ1n) is 14.0. The van der Waals surface area contributed by atoms with Crippen LogP contribution in [0.1, 0.15) is 29.3 Å². The van der Waals surface area contributed by atoms with Crippen LogP contribution in [0.4, 0.5) is 10.1 Å². The van der Waals surface area contributed by atoms with Crippen molar-refractivity contribution < 1.29 is 23.3 Å². The van der Waals surface area contributed by atoms with E-state index in [0.29, 0.717) is 43.5 Å². The molecule has 42 heavy (non-hydrogen) atoms. The number of halogens is 3. The third-order valence-electron chi connectivity index (χ3n) is 7.65. The number of hydrogen-bond acceptors (Lipinski definition) is 7. The van der Waals surface area contributed by atoms with Gasteiger partial charge in [-0.05, 0) is 30.7 Å². The van der Waals surface area contributed by atoms with E-state index in [9.17, 15) is 0 Å². The molecule has 4 rings (SSSR count). The van der Waals surface area contributed by atoms with E-state index in [4.69, 9.17) is 42.1 Å². The van der Waals surface area contributed by atoms with E-state index in [1.807, 2.05) is 53.4 Å². The number of ether oxygens (including phenoxy) is 4. The van der Waals surface area contributed by atoms with Gasteiger partial charge in [0.15, 0.2) is 0 Å². The molecule has 7 nitrogen and oxygen atoms in total. The molecule has 0 aromatic heterocycles. The molecule has 0 unspecified atom stereocenters. The van der Waals surface area contributed by atoms with Crippen molar-refractivity contribution in [3.8, 4) is 23.0 Å². The Morgan fingerprint density at radius 3 is 1.69 bits per heavy atom. The number of alkyl halides is 2. The number of rotatable bonds is 14. The van der Waals surface area contributed by atoms with Crippen LogP contribution in [0.2, 0.25) is 0 Å². The third kappa shape index (κ3) is 7.53. The first-order chi connectivity index (χ1) is 20.5. The Balaban J connectivity index is 1.74. The van der Waals surface area contributed by atoms with Crippen LogP contribution in [0, 0.1) is 5.82 Å². The van der Waals surface area contributed by atoms with Crippen LogP contribution >= 0.6 is 23.2 Å². The van der Waals surface area contributed by atoms with E-state index >= 15 is 4.39 Å². The fourth-order valence-electron chi connectivity index (χ4n) is 5.58. The summed E-state index contributed by atoms with van der Waals surface area (Å²) in [5, 5.41) is 0. The minimum absolute atomic E-state index is 0.271. The lowest BCUT2D eigenvalue weighted by Gasteiger charge is -2.44. The summed E-state index contributed by atoms with van der Waals surface area (Å²) in [4.78, 5) is 6.61. The minimum atomic E-state index is -0.332. The molecule has 0 aliphatic carbocycles. The van der Waals surface area contributed by atoms with Crippen LogP contribution in [0.25, 0.3) is 0 Å². The van der Waals surface area contributed by atoms with Crippen LogP contribution in [0.15, 0.2) is 54.6 Å². The van der Waals surface area contributed by atoms with E-state index in [1.54, 1.807) is 34.5 Å². The summed E-state index contributed by atoms with van der Waals surface area (Å²) >= 11 is 12.1. The molecule has 0 saturated carbocycles. The summed E-state index contributed by atoms with van der Waals surface area (Å²) in [5.41, 5.74) is 3.37. The minimum Gasteiger partial charge on any atom is -0.497 e. The fraction of sp³-hybridized carbons (Fsp3) is 0.438. The predicted octanol–water partition coefficient (Wildman–Crippen LogP) is 6.55. The molecule has 3 aromatic carbocycles. The van der Waals surface area contributed by atoms with Gasteiger partial charge in [0.2, 0.25) is 0 Å². The quantitative estimate of drug-likeness (QED) is 0.190. The van der Waals surface area contributed by atoms with Gasteiger partial charge in [-0.2, -0.15) is 0 Å². The number of nitrogens with zero attached hydrogens (tertiary/aromatic N) is 3. The number of anilines is 1. The van der Waals surface area contributed by atoms with Crippen LogP contribution in [0.5, 0.6) is 23.0 Å². The molecular weight excluding hydrogens is 580 g/mol. The highest BCUT2D eigenvalue weighted by atomic mass is 35.5. The lowest BCUT2D eigenvalue weighted by molar-refractivity contribution is -0.0118. The lowest BCUT2D eigenvalue weighted by Crippen LogP contribution is -2.47. The van der Waals surface area contributed by atoms with Gasteiger partial charge in [0, 0.05) is 85.5 Å².